The first-order chi connectivity index (χ1) is 13.6. The maximum absolute atomic E-state index is 15.0. The molecule has 2 heterocycles. The third-order valence-corrected chi connectivity index (χ3v) is 5.43. The molecule has 0 aliphatic carbocycles. The number of carbonyl (C=O) groups excluding carboxylic acids is 1. The van der Waals surface area contributed by atoms with E-state index in [9.17, 15) is 24.1 Å². The van der Waals surface area contributed by atoms with Gasteiger partial charge in [0, 0.05) is 12.3 Å². The molecule has 11 nitrogen and oxygen atoms in total. The number of ether oxygens (including phenoxy) is 2. The number of nitrogens with zero attached hydrogens (tertiary/aromatic N) is 1. The Morgan fingerprint density at radius 3 is 2.86 bits per heavy atom. The zero-order chi connectivity index (χ0) is 21.8. The second-order valence-corrected chi connectivity index (χ2v) is 7.92. The first-order valence-electron chi connectivity index (χ1n) is 9.01. The summed E-state index contributed by atoms with van der Waals surface area (Å²) in [5, 5.41) is 12.7. The fourth-order valence-corrected chi connectivity index (χ4v) is 3.60. The minimum absolute atomic E-state index is 0.231. The number of carbonyl (C=O) groups is 1. The van der Waals surface area contributed by atoms with Gasteiger partial charge in [0.15, 0.2) is 11.9 Å². The van der Waals surface area contributed by atoms with Crippen molar-refractivity contribution in [3.63, 3.8) is 0 Å². The van der Waals surface area contributed by atoms with E-state index in [0.29, 0.717) is 6.42 Å². The molecule has 1 aliphatic heterocycles. The minimum atomic E-state index is -2.93. The van der Waals surface area contributed by atoms with Crippen LogP contribution in [0, 0.1) is 0 Å². The van der Waals surface area contributed by atoms with Crippen LogP contribution in [0.3, 0.4) is 0 Å². The monoisotopic (exact) mass is 437 g/mol. The Morgan fingerprint density at radius 2 is 2.24 bits per heavy atom. The van der Waals surface area contributed by atoms with Gasteiger partial charge in [0.1, 0.15) is 18.2 Å². The van der Waals surface area contributed by atoms with Gasteiger partial charge in [0.2, 0.25) is 0 Å². The molecule has 13 heteroatoms. The van der Waals surface area contributed by atoms with Gasteiger partial charge in [-0.05, 0) is 20.3 Å². The van der Waals surface area contributed by atoms with Crippen LogP contribution in [0.2, 0.25) is 0 Å². The Balaban J connectivity index is 1.98. The fourth-order valence-electron chi connectivity index (χ4n) is 2.73. The lowest BCUT2D eigenvalue weighted by Gasteiger charge is -2.24. The van der Waals surface area contributed by atoms with E-state index in [1.165, 1.54) is 6.92 Å². The smallest absolute Gasteiger partial charge is 0.330 e. The number of aliphatic hydroxyl groups is 1. The molecule has 3 N–H and O–H groups in total. The van der Waals surface area contributed by atoms with Crippen molar-refractivity contribution in [3.8, 4) is 0 Å². The third kappa shape index (κ3) is 5.61. The lowest BCUT2D eigenvalue weighted by atomic mass is 9.98. The highest BCUT2D eigenvalue weighted by Gasteiger charge is 2.55. The molecule has 0 amide bonds. The highest BCUT2D eigenvalue weighted by atomic mass is 31.1. The number of hydrogen-bond acceptors (Lipinski definition) is 8. The Kier molecular flexibility index (Phi) is 7.89. The summed E-state index contributed by atoms with van der Waals surface area (Å²) in [5.74, 6) is -0.597. The van der Waals surface area contributed by atoms with Crippen LogP contribution in [0.5, 0.6) is 0 Å². The predicted molar refractivity (Wildman–Crippen MR) is 99.6 cm³/mol. The molecule has 0 radical (unpaired) electrons. The van der Waals surface area contributed by atoms with E-state index < -0.39 is 62.2 Å². The van der Waals surface area contributed by atoms with Crippen molar-refractivity contribution in [1.82, 2.24) is 14.6 Å². The second-order valence-electron chi connectivity index (χ2n) is 6.77. The van der Waals surface area contributed by atoms with Crippen molar-refractivity contribution < 1.29 is 32.9 Å². The summed E-state index contributed by atoms with van der Waals surface area (Å²) < 4.78 is 43.2. The number of rotatable bonds is 9. The van der Waals surface area contributed by atoms with E-state index in [1.807, 2.05) is 11.9 Å². The molecule has 0 aromatic carbocycles. The molecule has 1 aromatic rings. The molecule has 1 fully saturated rings. The van der Waals surface area contributed by atoms with Gasteiger partial charge in [0.05, 0.1) is 13.2 Å². The zero-order valence-corrected chi connectivity index (χ0v) is 17.2. The molecule has 29 heavy (non-hydrogen) atoms. The summed E-state index contributed by atoms with van der Waals surface area (Å²) in [6.45, 7) is 4.08. The average Bonchev–Trinajstić information content (AvgIpc) is 2.87. The summed E-state index contributed by atoms with van der Waals surface area (Å²) in [6.07, 6.45) is -2.79. The predicted octanol–water partition coefficient (Wildman–Crippen LogP) is -0.139. The lowest BCUT2D eigenvalue weighted by molar-refractivity contribution is -0.145. The first kappa shape index (κ1) is 23.4. The molecule has 0 saturated carbocycles. The van der Waals surface area contributed by atoms with Crippen molar-refractivity contribution in [2.24, 2.45) is 0 Å². The van der Waals surface area contributed by atoms with E-state index in [1.54, 1.807) is 0 Å². The Hall–Kier alpha value is -1.85. The number of esters is 1. The number of nitrogens with one attached hydrogen (secondary N) is 2. The van der Waals surface area contributed by atoms with Crippen molar-refractivity contribution >= 4 is 14.1 Å². The molecular weight excluding hydrogens is 412 g/mol. The standard InChI is InChI=1S/C16H25FN3O8P/c1-4-7-26-13(23)9(2)19-29(25)27-8-10-12(22)16(3,17)14(28-10)20-6-5-11(21)18-15(20)24/h5-6,9-10,12,14,22,29H,4,7-8H2,1-3H3,(H,19,25)(H,18,21,24)/t9-,10+,12+,14+,16+/m0/s1. The fraction of sp³-hybridized carbons (Fsp3) is 0.688. The molecule has 1 aliphatic rings. The van der Waals surface area contributed by atoms with Gasteiger partial charge in [-0.3, -0.25) is 23.7 Å². The number of aromatic amines is 1. The van der Waals surface area contributed by atoms with E-state index >= 15 is 4.39 Å². The van der Waals surface area contributed by atoms with Crippen molar-refractivity contribution in [2.45, 2.75) is 57.3 Å². The van der Waals surface area contributed by atoms with Crippen molar-refractivity contribution in [2.75, 3.05) is 13.2 Å². The molecule has 0 bridgehead atoms. The van der Waals surface area contributed by atoms with Crippen LogP contribution in [-0.4, -0.2) is 57.8 Å². The summed E-state index contributed by atoms with van der Waals surface area (Å²) in [4.78, 5) is 36.7. The SMILES string of the molecule is CCCOC(=O)[C@H](C)N[PH](=O)OC[C@H]1O[C@@H](n2ccc(=O)[nH]c2=O)[C@](C)(F)[C@@H]1O. The van der Waals surface area contributed by atoms with Crippen molar-refractivity contribution in [3.05, 3.63) is 33.1 Å². The second kappa shape index (κ2) is 9.77. The highest BCUT2D eigenvalue weighted by molar-refractivity contribution is 7.36. The number of halogens is 1. The van der Waals surface area contributed by atoms with E-state index in [2.05, 4.69) is 5.09 Å². The molecule has 164 valence electrons. The van der Waals surface area contributed by atoms with Crippen LogP contribution >= 0.6 is 8.18 Å². The molecule has 0 spiro atoms. The average molecular weight is 437 g/mol. The summed E-state index contributed by atoms with van der Waals surface area (Å²) >= 11 is 0. The molecule has 2 rings (SSSR count). The zero-order valence-electron chi connectivity index (χ0n) is 16.2. The topological polar surface area (TPSA) is 149 Å². The van der Waals surface area contributed by atoms with Gasteiger partial charge in [-0.1, -0.05) is 6.92 Å². The van der Waals surface area contributed by atoms with Crippen LogP contribution < -0.4 is 16.3 Å². The van der Waals surface area contributed by atoms with Crippen LogP contribution in [0.4, 0.5) is 4.39 Å². The Labute approximate surface area is 166 Å². The van der Waals surface area contributed by atoms with E-state index in [-0.39, 0.29) is 6.61 Å². The van der Waals surface area contributed by atoms with Gasteiger partial charge in [-0.2, -0.15) is 0 Å². The number of aromatic nitrogens is 2. The van der Waals surface area contributed by atoms with E-state index in [4.69, 9.17) is 14.0 Å². The van der Waals surface area contributed by atoms with Crippen molar-refractivity contribution in [1.29, 1.82) is 0 Å². The Morgan fingerprint density at radius 1 is 1.55 bits per heavy atom. The molecular formula is C16H25FN3O8P. The minimum Gasteiger partial charge on any atom is -0.465 e. The van der Waals surface area contributed by atoms with Crippen LogP contribution in [-0.2, 0) is 23.4 Å². The summed E-state index contributed by atoms with van der Waals surface area (Å²) in [6, 6.07) is 0.125. The normalized spacial score (nSPS) is 28.8. The lowest BCUT2D eigenvalue weighted by Crippen LogP contribution is -2.43. The number of hydrogen-bond donors (Lipinski definition) is 3. The molecule has 1 aromatic heterocycles. The number of aliphatic hydroxyl groups excluding tert-OH is 1. The quantitative estimate of drug-likeness (QED) is 0.354. The van der Waals surface area contributed by atoms with Gasteiger partial charge in [0.25, 0.3) is 13.7 Å². The summed E-state index contributed by atoms with van der Waals surface area (Å²) in [7, 11) is -2.93. The van der Waals surface area contributed by atoms with Gasteiger partial charge in [-0.25, -0.2) is 14.3 Å². The Bertz CT molecular complexity index is 857. The third-order valence-electron chi connectivity index (χ3n) is 4.34. The van der Waals surface area contributed by atoms with Gasteiger partial charge >= 0.3 is 11.7 Å². The highest BCUT2D eigenvalue weighted by Crippen LogP contribution is 2.41. The van der Waals surface area contributed by atoms with Crippen LogP contribution in [0.25, 0.3) is 0 Å². The van der Waals surface area contributed by atoms with Crippen LogP contribution in [0.15, 0.2) is 21.9 Å². The van der Waals surface area contributed by atoms with Crippen LogP contribution in [0.1, 0.15) is 33.4 Å². The summed E-state index contributed by atoms with van der Waals surface area (Å²) in [5.41, 5.74) is -3.97. The molecule has 1 unspecified atom stereocenters. The first-order valence-corrected chi connectivity index (χ1v) is 10.3. The van der Waals surface area contributed by atoms with Gasteiger partial charge in [-0.15, -0.1) is 0 Å². The molecule has 1 saturated heterocycles. The maximum Gasteiger partial charge on any atom is 0.330 e. The van der Waals surface area contributed by atoms with Gasteiger partial charge < -0.3 is 19.1 Å². The number of alkyl halides is 1. The number of H-pyrrole nitrogens is 1. The van der Waals surface area contributed by atoms with E-state index in [0.717, 1.165) is 23.8 Å². The largest absolute Gasteiger partial charge is 0.465 e. The maximum atomic E-state index is 15.0. The molecule has 6 atom stereocenters.